The third-order valence-electron chi connectivity index (χ3n) is 3.85. The van der Waals surface area contributed by atoms with Gasteiger partial charge in [-0.25, -0.2) is 0 Å². The molecule has 0 N–H and O–H groups in total. The summed E-state index contributed by atoms with van der Waals surface area (Å²) in [5.74, 6) is -0.597. The van der Waals surface area contributed by atoms with Crippen LogP contribution in [0.3, 0.4) is 0 Å². The molecule has 3 nitrogen and oxygen atoms in total. The topological polar surface area (TPSA) is 29.5 Å². The molecule has 0 saturated carbocycles. The maximum absolute atomic E-state index is 12.9. The molecular weight excluding hydrogens is 295 g/mol. The number of amides is 1. The summed E-state index contributed by atoms with van der Waals surface area (Å²) in [5.41, 5.74) is -1.18. The summed E-state index contributed by atoms with van der Waals surface area (Å²) in [6, 6.07) is 4.90. The van der Waals surface area contributed by atoms with E-state index in [0.29, 0.717) is 6.54 Å². The predicted molar refractivity (Wildman–Crippen MR) is 76.6 cm³/mol. The Balaban J connectivity index is 1.95. The molecule has 0 radical (unpaired) electrons. The highest BCUT2D eigenvalue weighted by Crippen LogP contribution is 2.32. The van der Waals surface area contributed by atoms with Gasteiger partial charge in [-0.2, -0.15) is 13.2 Å². The number of carbonyl (C=O) groups excluding carboxylic acids is 1. The smallest absolute Gasteiger partial charge is 0.378 e. The van der Waals surface area contributed by atoms with Crippen LogP contribution in [0.2, 0.25) is 0 Å². The number of carbonyl (C=O) groups is 1. The van der Waals surface area contributed by atoms with E-state index in [1.807, 2.05) is 0 Å². The largest absolute Gasteiger partial charge is 0.417 e. The van der Waals surface area contributed by atoms with E-state index in [-0.39, 0.29) is 11.7 Å². The molecule has 2 rings (SSSR count). The van der Waals surface area contributed by atoms with E-state index in [0.717, 1.165) is 38.4 Å². The van der Waals surface area contributed by atoms with E-state index in [1.54, 1.807) is 0 Å². The van der Waals surface area contributed by atoms with Gasteiger partial charge in [-0.15, -0.1) is 0 Å². The summed E-state index contributed by atoms with van der Waals surface area (Å²) in [7, 11) is 1.53. The number of nitrogens with zero attached hydrogens (tertiary/aromatic N) is 1. The molecule has 1 aromatic rings. The summed E-state index contributed by atoms with van der Waals surface area (Å²) in [6.07, 6.45) is -0.664. The van der Waals surface area contributed by atoms with E-state index < -0.39 is 17.6 Å². The Morgan fingerprint density at radius 3 is 2.73 bits per heavy atom. The van der Waals surface area contributed by atoms with Crippen molar-refractivity contribution in [3.8, 4) is 0 Å². The number of rotatable bonds is 5. The second kappa shape index (κ2) is 7.13. The van der Waals surface area contributed by atoms with Crippen LogP contribution in [0.25, 0.3) is 0 Å². The van der Waals surface area contributed by atoms with Gasteiger partial charge in [0.25, 0.3) is 5.91 Å². The number of halogens is 3. The monoisotopic (exact) mass is 315 g/mol. The quantitative estimate of drug-likeness (QED) is 0.828. The molecular formula is C16H20F3NO2. The zero-order chi connectivity index (χ0) is 16.2. The highest BCUT2D eigenvalue weighted by atomic mass is 19.4. The van der Waals surface area contributed by atoms with Crippen LogP contribution in [0.15, 0.2) is 24.3 Å². The van der Waals surface area contributed by atoms with E-state index in [1.165, 1.54) is 30.1 Å². The van der Waals surface area contributed by atoms with Crippen molar-refractivity contribution in [1.82, 2.24) is 4.90 Å². The Morgan fingerprint density at radius 2 is 2.09 bits per heavy atom. The van der Waals surface area contributed by atoms with Crippen LogP contribution in [0.1, 0.15) is 41.6 Å². The summed E-state index contributed by atoms with van der Waals surface area (Å²) in [4.78, 5) is 13.6. The van der Waals surface area contributed by atoms with Crippen LogP contribution in [-0.4, -0.2) is 37.1 Å². The van der Waals surface area contributed by atoms with Crippen molar-refractivity contribution < 1.29 is 22.7 Å². The van der Waals surface area contributed by atoms with Crippen molar-refractivity contribution in [2.45, 2.75) is 38.0 Å². The highest BCUT2D eigenvalue weighted by molar-refractivity contribution is 5.95. The van der Waals surface area contributed by atoms with Crippen LogP contribution in [0.4, 0.5) is 13.2 Å². The summed E-state index contributed by atoms with van der Waals surface area (Å²) in [5, 5.41) is 0. The molecule has 1 atom stereocenters. The summed E-state index contributed by atoms with van der Waals surface area (Å²) in [6.45, 7) is 1.20. The lowest BCUT2D eigenvalue weighted by molar-refractivity contribution is -0.138. The van der Waals surface area contributed by atoms with Crippen molar-refractivity contribution in [3.63, 3.8) is 0 Å². The van der Waals surface area contributed by atoms with Gasteiger partial charge < -0.3 is 9.64 Å². The predicted octanol–water partition coefficient (Wildman–Crippen LogP) is 3.74. The number of hydrogen-bond donors (Lipinski definition) is 0. The fraction of sp³-hybridized carbons (Fsp3) is 0.562. The number of alkyl halides is 3. The number of ether oxygens (including phenoxy) is 1. The lowest BCUT2D eigenvalue weighted by Crippen LogP contribution is -2.30. The van der Waals surface area contributed by atoms with Gasteiger partial charge in [0.1, 0.15) is 0 Å². The minimum absolute atomic E-state index is 0.228. The molecule has 1 heterocycles. The number of hydrogen-bond acceptors (Lipinski definition) is 2. The Hall–Kier alpha value is -1.56. The minimum atomic E-state index is -4.52. The molecule has 0 bridgehead atoms. The summed E-state index contributed by atoms with van der Waals surface area (Å²) < 4.78 is 44.3. The van der Waals surface area contributed by atoms with E-state index >= 15 is 0 Å². The van der Waals surface area contributed by atoms with Gasteiger partial charge in [-0.05, 0) is 37.8 Å². The maximum atomic E-state index is 12.9. The van der Waals surface area contributed by atoms with Gasteiger partial charge in [-0.1, -0.05) is 12.1 Å². The Morgan fingerprint density at radius 1 is 1.36 bits per heavy atom. The van der Waals surface area contributed by atoms with Gasteiger partial charge in [0.15, 0.2) is 0 Å². The van der Waals surface area contributed by atoms with Crippen molar-refractivity contribution in [1.29, 1.82) is 0 Å². The Labute approximate surface area is 128 Å². The van der Waals surface area contributed by atoms with E-state index in [9.17, 15) is 18.0 Å². The third-order valence-corrected chi connectivity index (χ3v) is 3.85. The summed E-state index contributed by atoms with van der Waals surface area (Å²) >= 11 is 0. The van der Waals surface area contributed by atoms with E-state index in [2.05, 4.69) is 0 Å². The lowest BCUT2D eigenvalue weighted by atomic mass is 10.1. The minimum Gasteiger partial charge on any atom is -0.378 e. The van der Waals surface area contributed by atoms with Crippen LogP contribution in [0, 0.1) is 0 Å². The first-order valence-electron chi connectivity index (χ1n) is 7.43. The van der Waals surface area contributed by atoms with Crippen molar-refractivity contribution in [2.75, 3.05) is 20.2 Å². The molecule has 1 amide bonds. The molecule has 1 saturated heterocycles. The zero-order valence-electron chi connectivity index (χ0n) is 12.5. The SMILES string of the molecule is CN(CCCC1CCCO1)C(=O)c1ccccc1C(F)(F)F. The second-order valence-corrected chi connectivity index (χ2v) is 5.55. The first-order valence-corrected chi connectivity index (χ1v) is 7.43. The molecule has 122 valence electrons. The van der Waals surface area contributed by atoms with Gasteiger partial charge in [0.05, 0.1) is 17.2 Å². The first kappa shape index (κ1) is 16.8. The molecule has 1 aliphatic rings. The average molecular weight is 315 g/mol. The Kier molecular flexibility index (Phi) is 5.45. The molecule has 0 aliphatic carbocycles. The highest BCUT2D eigenvalue weighted by Gasteiger charge is 2.35. The molecule has 0 spiro atoms. The third kappa shape index (κ3) is 4.22. The van der Waals surface area contributed by atoms with Gasteiger partial charge >= 0.3 is 6.18 Å². The van der Waals surface area contributed by atoms with Crippen LogP contribution in [-0.2, 0) is 10.9 Å². The van der Waals surface area contributed by atoms with Crippen molar-refractivity contribution in [2.24, 2.45) is 0 Å². The standard InChI is InChI=1S/C16H20F3NO2/c1-20(10-4-6-12-7-5-11-22-12)15(21)13-8-2-3-9-14(13)16(17,18)19/h2-3,8-9,12H,4-7,10-11H2,1H3. The number of benzene rings is 1. The van der Waals surface area contributed by atoms with Crippen molar-refractivity contribution in [3.05, 3.63) is 35.4 Å². The molecule has 6 heteroatoms. The van der Waals surface area contributed by atoms with Gasteiger partial charge in [-0.3, -0.25) is 4.79 Å². The van der Waals surface area contributed by atoms with Crippen LogP contribution < -0.4 is 0 Å². The molecule has 1 aromatic carbocycles. The first-order chi connectivity index (χ1) is 10.4. The average Bonchev–Trinajstić information content (AvgIpc) is 2.98. The second-order valence-electron chi connectivity index (χ2n) is 5.55. The fourth-order valence-electron chi connectivity index (χ4n) is 2.65. The Bertz CT molecular complexity index is 510. The molecule has 1 aliphatic heterocycles. The van der Waals surface area contributed by atoms with E-state index in [4.69, 9.17) is 4.74 Å². The molecule has 1 fully saturated rings. The van der Waals surface area contributed by atoms with Gasteiger partial charge in [0.2, 0.25) is 0 Å². The van der Waals surface area contributed by atoms with Crippen molar-refractivity contribution >= 4 is 5.91 Å². The normalized spacial score (nSPS) is 18.5. The molecule has 1 unspecified atom stereocenters. The zero-order valence-corrected chi connectivity index (χ0v) is 12.5. The lowest BCUT2D eigenvalue weighted by Gasteiger charge is -2.20. The molecule has 0 aromatic heterocycles. The maximum Gasteiger partial charge on any atom is 0.417 e. The van der Waals surface area contributed by atoms with Crippen LogP contribution >= 0.6 is 0 Å². The molecule has 22 heavy (non-hydrogen) atoms. The fourth-order valence-corrected chi connectivity index (χ4v) is 2.65. The van der Waals surface area contributed by atoms with Crippen LogP contribution in [0.5, 0.6) is 0 Å². The van der Waals surface area contributed by atoms with Gasteiger partial charge in [0, 0.05) is 20.2 Å².